The first-order valence-corrected chi connectivity index (χ1v) is 7.75. The number of fused-ring (bicyclic) bond motifs is 1. The van der Waals surface area contributed by atoms with Gasteiger partial charge in [-0.2, -0.15) is 0 Å². The van der Waals surface area contributed by atoms with Crippen molar-refractivity contribution < 1.29 is 0 Å². The van der Waals surface area contributed by atoms with Crippen LogP contribution in [0.25, 0.3) is 0 Å². The second-order valence-electron chi connectivity index (χ2n) is 5.76. The minimum Gasteiger partial charge on any atom is -0.330 e. The highest BCUT2D eigenvalue weighted by molar-refractivity contribution is 8.00. The summed E-state index contributed by atoms with van der Waals surface area (Å²) in [6.07, 6.45) is 2.45. The van der Waals surface area contributed by atoms with Gasteiger partial charge in [0.15, 0.2) is 0 Å². The third kappa shape index (κ3) is 2.09. The van der Waals surface area contributed by atoms with Crippen LogP contribution in [0.3, 0.4) is 0 Å². The van der Waals surface area contributed by atoms with Gasteiger partial charge in [0.2, 0.25) is 0 Å². The number of likely N-dealkylation sites (tertiary alicyclic amines) is 1. The summed E-state index contributed by atoms with van der Waals surface area (Å²) in [6.45, 7) is 4.29. The van der Waals surface area contributed by atoms with E-state index in [1.54, 1.807) is 16.0 Å². The molecule has 18 heavy (non-hydrogen) atoms. The first-order valence-electron chi connectivity index (χ1n) is 6.87. The lowest BCUT2D eigenvalue weighted by Crippen LogP contribution is -2.20. The molecular weight excluding hydrogens is 240 g/mol. The highest BCUT2D eigenvalue weighted by Gasteiger charge is 2.33. The lowest BCUT2D eigenvalue weighted by Gasteiger charge is -2.22. The van der Waals surface area contributed by atoms with Crippen molar-refractivity contribution in [1.29, 1.82) is 0 Å². The number of nitrogens with zero attached hydrogens (tertiary/aromatic N) is 1. The van der Waals surface area contributed by atoms with Crippen LogP contribution in [0.2, 0.25) is 0 Å². The Morgan fingerprint density at radius 2 is 2.28 bits per heavy atom. The molecule has 98 valence electrons. The molecule has 0 saturated carbocycles. The second-order valence-corrected chi connectivity index (χ2v) is 7.21. The summed E-state index contributed by atoms with van der Waals surface area (Å²) in [5.41, 5.74) is 8.93. The Kier molecular flexibility index (Phi) is 3.39. The number of benzene rings is 1. The molecule has 1 aromatic carbocycles. The van der Waals surface area contributed by atoms with Crippen LogP contribution >= 0.6 is 11.8 Å². The molecule has 2 heterocycles. The van der Waals surface area contributed by atoms with Gasteiger partial charge in [0.05, 0.1) is 0 Å². The Bertz CT molecular complexity index is 446. The zero-order valence-corrected chi connectivity index (χ0v) is 12.0. The molecule has 0 bridgehead atoms. The molecule has 3 heteroatoms. The lowest BCUT2D eigenvalue weighted by atomic mass is 9.97. The van der Waals surface area contributed by atoms with Crippen LogP contribution in [0.4, 0.5) is 0 Å². The van der Waals surface area contributed by atoms with Crippen LogP contribution in [0.1, 0.15) is 30.5 Å². The van der Waals surface area contributed by atoms with Gasteiger partial charge < -0.3 is 5.73 Å². The summed E-state index contributed by atoms with van der Waals surface area (Å²) in [6, 6.07) is 7.43. The molecule has 2 nitrogen and oxygen atoms in total. The maximum Gasteiger partial charge on any atom is 0.0359 e. The molecule has 0 aliphatic carbocycles. The van der Waals surface area contributed by atoms with Crippen molar-refractivity contribution in [2.24, 2.45) is 11.7 Å². The van der Waals surface area contributed by atoms with Gasteiger partial charge in [-0.1, -0.05) is 25.1 Å². The zero-order valence-electron chi connectivity index (χ0n) is 11.2. The second kappa shape index (κ2) is 4.87. The molecule has 1 saturated heterocycles. The maximum atomic E-state index is 5.84. The van der Waals surface area contributed by atoms with E-state index >= 15 is 0 Å². The quantitative estimate of drug-likeness (QED) is 0.888. The van der Waals surface area contributed by atoms with Crippen molar-refractivity contribution in [3.63, 3.8) is 0 Å². The van der Waals surface area contributed by atoms with Gasteiger partial charge in [0, 0.05) is 22.7 Å². The van der Waals surface area contributed by atoms with Crippen LogP contribution in [0.5, 0.6) is 0 Å². The van der Waals surface area contributed by atoms with Gasteiger partial charge in [-0.25, -0.2) is 0 Å². The molecule has 0 aromatic heterocycles. The molecule has 0 amide bonds. The zero-order chi connectivity index (χ0) is 12.7. The fraction of sp³-hybridized carbons (Fsp3) is 0.600. The van der Waals surface area contributed by atoms with E-state index < -0.39 is 0 Å². The van der Waals surface area contributed by atoms with Crippen molar-refractivity contribution in [2.75, 3.05) is 20.1 Å². The van der Waals surface area contributed by atoms with Crippen molar-refractivity contribution in [3.8, 4) is 0 Å². The number of hydrogen-bond acceptors (Lipinski definition) is 3. The Labute approximate surface area is 114 Å². The molecule has 2 aliphatic heterocycles. The first-order chi connectivity index (χ1) is 8.69. The maximum absolute atomic E-state index is 5.84. The molecular formula is C15H22N2S. The monoisotopic (exact) mass is 262 g/mol. The number of rotatable bonds is 2. The van der Waals surface area contributed by atoms with Crippen molar-refractivity contribution >= 4 is 11.8 Å². The summed E-state index contributed by atoms with van der Waals surface area (Å²) in [5.74, 6) is 0.666. The first kappa shape index (κ1) is 12.5. The SMILES string of the molecule is CC1Cc2cccc(C3CC(CN)CN3C)c2S1. The minimum atomic E-state index is 0.575. The highest BCUT2D eigenvalue weighted by atomic mass is 32.2. The normalized spacial score (nSPS) is 31.8. The summed E-state index contributed by atoms with van der Waals surface area (Å²) >= 11 is 2.06. The van der Waals surface area contributed by atoms with E-state index in [1.807, 2.05) is 0 Å². The van der Waals surface area contributed by atoms with Crippen molar-refractivity contribution in [2.45, 2.75) is 36.0 Å². The third-order valence-corrected chi connectivity index (χ3v) is 5.58. The number of thioether (sulfide) groups is 1. The lowest BCUT2D eigenvalue weighted by molar-refractivity contribution is 0.310. The number of nitrogens with two attached hydrogens (primary N) is 1. The molecule has 0 spiro atoms. The molecule has 3 rings (SSSR count). The van der Waals surface area contributed by atoms with Crippen LogP contribution in [0, 0.1) is 5.92 Å². The minimum absolute atomic E-state index is 0.575. The largest absolute Gasteiger partial charge is 0.330 e. The third-order valence-electron chi connectivity index (χ3n) is 4.28. The molecule has 0 radical (unpaired) electrons. The van der Waals surface area contributed by atoms with Crippen LogP contribution in [-0.2, 0) is 6.42 Å². The topological polar surface area (TPSA) is 29.3 Å². The summed E-state index contributed by atoms with van der Waals surface area (Å²) in [4.78, 5) is 4.04. The molecule has 2 aliphatic rings. The predicted octanol–water partition coefficient (Wildman–Crippen LogP) is 2.67. The summed E-state index contributed by atoms with van der Waals surface area (Å²) in [7, 11) is 2.24. The smallest absolute Gasteiger partial charge is 0.0359 e. The Morgan fingerprint density at radius 3 is 3.00 bits per heavy atom. The van der Waals surface area contributed by atoms with Crippen LogP contribution in [0.15, 0.2) is 23.1 Å². The van der Waals surface area contributed by atoms with E-state index in [0.29, 0.717) is 12.0 Å². The van der Waals surface area contributed by atoms with Crippen LogP contribution in [-0.4, -0.2) is 30.3 Å². The van der Waals surface area contributed by atoms with Gasteiger partial charge in [-0.15, -0.1) is 11.8 Å². The number of hydrogen-bond donors (Lipinski definition) is 1. The fourth-order valence-electron chi connectivity index (χ4n) is 3.36. The summed E-state index contributed by atoms with van der Waals surface area (Å²) < 4.78 is 0. The predicted molar refractivity (Wildman–Crippen MR) is 78.0 cm³/mol. The van der Waals surface area contributed by atoms with E-state index in [4.69, 9.17) is 5.73 Å². The molecule has 2 N–H and O–H groups in total. The van der Waals surface area contributed by atoms with Gasteiger partial charge in [0.25, 0.3) is 0 Å². The van der Waals surface area contributed by atoms with Crippen molar-refractivity contribution in [1.82, 2.24) is 4.90 Å². The standard InChI is InChI=1S/C15H22N2S/c1-10-6-12-4-3-5-13(15(12)18-10)14-7-11(8-16)9-17(14)2/h3-5,10-11,14H,6-9,16H2,1-2H3. The average Bonchev–Trinajstić information content (AvgIpc) is 2.90. The van der Waals surface area contributed by atoms with E-state index in [0.717, 1.165) is 18.3 Å². The van der Waals surface area contributed by atoms with E-state index in [9.17, 15) is 0 Å². The highest BCUT2D eigenvalue weighted by Crippen LogP contribution is 2.45. The Balaban J connectivity index is 1.92. The van der Waals surface area contributed by atoms with Gasteiger partial charge in [-0.05, 0) is 43.5 Å². The molecule has 1 fully saturated rings. The van der Waals surface area contributed by atoms with Gasteiger partial charge >= 0.3 is 0 Å². The Morgan fingerprint density at radius 1 is 1.44 bits per heavy atom. The van der Waals surface area contributed by atoms with E-state index in [2.05, 4.69) is 48.8 Å². The van der Waals surface area contributed by atoms with Gasteiger partial charge in [0.1, 0.15) is 0 Å². The Hall–Kier alpha value is -0.510. The van der Waals surface area contributed by atoms with E-state index in [-0.39, 0.29) is 0 Å². The van der Waals surface area contributed by atoms with Crippen LogP contribution < -0.4 is 5.73 Å². The van der Waals surface area contributed by atoms with Crippen molar-refractivity contribution in [3.05, 3.63) is 29.3 Å². The van der Waals surface area contributed by atoms with Gasteiger partial charge in [-0.3, -0.25) is 4.90 Å². The van der Waals surface area contributed by atoms with E-state index in [1.165, 1.54) is 12.8 Å². The fourth-order valence-corrected chi connectivity index (χ4v) is 4.67. The molecule has 3 unspecified atom stereocenters. The average molecular weight is 262 g/mol. The molecule has 3 atom stereocenters. The summed E-state index contributed by atoms with van der Waals surface area (Å²) in [5, 5.41) is 0.734. The molecule has 1 aromatic rings.